The van der Waals surface area contributed by atoms with E-state index in [9.17, 15) is 4.79 Å². The van der Waals surface area contributed by atoms with Crippen molar-refractivity contribution in [3.8, 4) is 0 Å². The third-order valence-electron chi connectivity index (χ3n) is 3.53. The van der Waals surface area contributed by atoms with Crippen molar-refractivity contribution < 1.29 is 14.3 Å². The number of unbranched alkanes of at least 4 members (excludes halogenated alkanes) is 3. The van der Waals surface area contributed by atoms with Crippen molar-refractivity contribution >= 4 is 5.97 Å². The molecule has 0 spiro atoms. The van der Waals surface area contributed by atoms with E-state index in [0.29, 0.717) is 18.8 Å². The van der Waals surface area contributed by atoms with E-state index >= 15 is 0 Å². The summed E-state index contributed by atoms with van der Waals surface area (Å²) in [4.78, 5) is 11.8. The lowest BCUT2D eigenvalue weighted by Gasteiger charge is -2.07. The SMILES string of the molecule is Cc1cccc(C(=O)OCCOCCCCCCC(C)C)c1. The summed E-state index contributed by atoms with van der Waals surface area (Å²) in [5.74, 6) is 0.528. The number of aryl methyl sites for hydroxylation is 1. The molecule has 0 atom stereocenters. The minimum atomic E-state index is -0.277. The quantitative estimate of drug-likeness (QED) is 0.436. The molecule has 0 saturated heterocycles. The molecule has 0 aliphatic heterocycles. The Morgan fingerprint density at radius 3 is 2.55 bits per heavy atom. The maximum absolute atomic E-state index is 11.8. The van der Waals surface area contributed by atoms with Gasteiger partial charge in [0.1, 0.15) is 6.61 Å². The molecule has 0 heterocycles. The molecule has 22 heavy (non-hydrogen) atoms. The van der Waals surface area contributed by atoms with Gasteiger partial charge in [-0.25, -0.2) is 4.79 Å². The Morgan fingerprint density at radius 2 is 1.82 bits per heavy atom. The van der Waals surface area contributed by atoms with Gasteiger partial charge < -0.3 is 9.47 Å². The van der Waals surface area contributed by atoms with Gasteiger partial charge >= 0.3 is 5.97 Å². The molecule has 0 N–H and O–H groups in total. The molecule has 0 bridgehead atoms. The molecule has 0 aliphatic carbocycles. The van der Waals surface area contributed by atoms with Crippen molar-refractivity contribution in [2.75, 3.05) is 19.8 Å². The molecular formula is C19H30O3. The highest BCUT2D eigenvalue weighted by Gasteiger charge is 2.06. The third-order valence-corrected chi connectivity index (χ3v) is 3.53. The molecule has 3 heteroatoms. The molecule has 0 aromatic heterocycles. The van der Waals surface area contributed by atoms with Gasteiger partial charge in [-0.15, -0.1) is 0 Å². The Balaban J connectivity index is 1.96. The fraction of sp³-hybridized carbons (Fsp3) is 0.632. The molecule has 0 saturated carbocycles. The van der Waals surface area contributed by atoms with Crippen LogP contribution in [0.25, 0.3) is 0 Å². The average molecular weight is 306 g/mol. The van der Waals surface area contributed by atoms with E-state index in [1.165, 1.54) is 25.7 Å². The van der Waals surface area contributed by atoms with Gasteiger partial charge in [-0.05, 0) is 31.4 Å². The fourth-order valence-electron chi connectivity index (χ4n) is 2.26. The summed E-state index contributed by atoms with van der Waals surface area (Å²) in [5.41, 5.74) is 1.66. The van der Waals surface area contributed by atoms with Crippen LogP contribution < -0.4 is 0 Å². The van der Waals surface area contributed by atoms with Crippen LogP contribution in [-0.4, -0.2) is 25.8 Å². The topological polar surface area (TPSA) is 35.5 Å². The van der Waals surface area contributed by atoms with E-state index in [1.54, 1.807) is 6.07 Å². The summed E-state index contributed by atoms with van der Waals surface area (Å²) in [6.07, 6.45) is 6.21. The average Bonchev–Trinajstić information content (AvgIpc) is 2.48. The predicted molar refractivity (Wildman–Crippen MR) is 90.2 cm³/mol. The van der Waals surface area contributed by atoms with Crippen LogP contribution >= 0.6 is 0 Å². The van der Waals surface area contributed by atoms with Crippen molar-refractivity contribution in [2.24, 2.45) is 5.92 Å². The second-order valence-electron chi connectivity index (χ2n) is 6.21. The standard InChI is InChI=1S/C19H30O3/c1-16(2)9-6-4-5-7-12-21-13-14-22-19(20)18-11-8-10-17(3)15-18/h8,10-11,15-16H,4-7,9,12-14H2,1-3H3. The van der Waals surface area contributed by atoms with E-state index in [2.05, 4.69) is 13.8 Å². The van der Waals surface area contributed by atoms with Gasteiger partial charge in [0.15, 0.2) is 0 Å². The molecule has 1 aromatic rings. The summed E-state index contributed by atoms with van der Waals surface area (Å²) in [5, 5.41) is 0. The van der Waals surface area contributed by atoms with Crippen LogP contribution in [-0.2, 0) is 9.47 Å². The number of hydrogen-bond acceptors (Lipinski definition) is 3. The van der Waals surface area contributed by atoms with Crippen molar-refractivity contribution in [3.63, 3.8) is 0 Å². The molecule has 1 aromatic carbocycles. The van der Waals surface area contributed by atoms with Crippen LogP contribution in [0, 0.1) is 12.8 Å². The summed E-state index contributed by atoms with van der Waals surface area (Å²) in [6.45, 7) is 8.04. The summed E-state index contributed by atoms with van der Waals surface area (Å²) in [7, 11) is 0. The molecule has 0 amide bonds. The molecule has 0 unspecified atom stereocenters. The number of hydrogen-bond donors (Lipinski definition) is 0. The van der Waals surface area contributed by atoms with Crippen molar-refractivity contribution in [1.82, 2.24) is 0 Å². The van der Waals surface area contributed by atoms with E-state index in [4.69, 9.17) is 9.47 Å². The molecule has 3 nitrogen and oxygen atoms in total. The van der Waals surface area contributed by atoms with Crippen LogP contribution in [0.1, 0.15) is 61.9 Å². The second-order valence-corrected chi connectivity index (χ2v) is 6.21. The molecule has 124 valence electrons. The Labute approximate surface area is 135 Å². The molecule has 0 aliphatic rings. The molecule has 0 fully saturated rings. The highest BCUT2D eigenvalue weighted by molar-refractivity contribution is 5.89. The molecule has 1 rings (SSSR count). The molecular weight excluding hydrogens is 276 g/mol. The van der Waals surface area contributed by atoms with Crippen molar-refractivity contribution in [2.45, 2.75) is 52.9 Å². The highest BCUT2D eigenvalue weighted by atomic mass is 16.6. The lowest BCUT2D eigenvalue weighted by atomic mass is 10.0. The first-order valence-corrected chi connectivity index (χ1v) is 8.41. The smallest absolute Gasteiger partial charge is 0.338 e. The highest BCUT2D eigenvalue weighted by Crippen LogP contribution is 2.09. The number of esters is 1. The fourth-order valence-corrected chi connectivity index (χ4v) is 2.26. The third kappa shape index (κ3) is 8.83. The zero-order valence-electron chi connectivity index (χ0n) is 14.3. The first kappa shape index (κ1) is 18.7. The normalized spacial score (nSPS) is 10.9. The maximum atomic E-state index is 11.8. The number of carbonyl (C=O) groups is 1. The minimum Gasteiger partial charge on any atom is -0.460 e. The largest absolute Gasteiger partial charge is 0.460 e. The first-order chi connectivity index (χ1) is 10.6. The zero-order chi connectivity index (χ0) is 16.2. The van der Waals surface area contributed by atoms with E-state index < -0.39 is 0 Å². The number of carbonyl (C=O) groups excluding carboxylic acids is 1. The van der Waals surface area contributed by atoms with Gasteiger partial charge in [-0.1, -0.05) is 57.2 Å². The summed E-state index contributed by atoms with van der Waals surface area (Å²) in [6, 6.07) is 7.43. The Morgan fingerprint density at radius 1 is 1.05 bits per heavy atom. The second kappa shape index (κ2) is 11.2. The number of ether oxygens (including phenoxy) is 2. The molecule has 0 radical (unpaired) electrons. The number of rotatable bonds is 11. The number of benzene rings is 1. The van der Waals surface area contributed by atoms with Gasteiger partial charge in [0.25, 0.3) is 0 Å². The van der Waals surface area contributed by atoms with Crippen LogP contribution in [0.5, 0.6) is 0 Å². The van der Waals surface area contributed by atoms with Crippen LogP contribution in [0.4, 0.5) is 0 Å². The van der Waals surface area contributed by atoms with Gasteiger partial charge in [0.2, 0.25) is 0 Å². The van der Waals surface area contributed by atoms with Crippen LogP contribution in [0.3, 0.4) is 0 Å². The zero-order valence-corrected chi connectivity index (χ0v) is 14.3. The van der Waals surface area contributed by atoms with Gasteiger partial charge in [-0.3, -0.25) is 0 Å². The van der Waals surface area contributed by atoms with Gasteiger partial charge in [-0.2, -0.15) is 0 Å². The summed E-state index contributed by atoms with van der Waals surface area (Å²) < 4.78 is 10.7. The van der Waals surface area contributed by atoms with E-state index in [0.717, 1.165) is 24.5 Å². The van der Waals surface area contributed by atoms with Crippen molar-refractivity contribution in [1.29, 1.82) is 0 Å². The maximum Gasteiger partial charge on any atom is 0.338 e. The van der Waals surface area contributed by atoms with Crippen molar-refractivity contribution in [3.05, 3.63) is 35.4 Å². The van der Waals surface area contributed by atoms with E-state index in [1.807, 2.05) is 25.1 Å². The van der Waals surface area contributed by atoms with Crippen LogP contribution in [0.2, 0.25) is 0 Å². The Kier molecular flexibility index (Phi) is 9.56. The first-order valence-electron chi connectivity index (χ1n) is 8.41. The monoisotopic (exact) mass is 306 g/mol. The van der Waals surface area contributed by atoms with Crippen LogP contribution in [0.15, 0.2) is 24.3 Å². The Bertz CT molecular complexity index is 426. The lowest BCUT2D eigenvalue weighted by Crippen LogP contribution is -2.11. The van der Waals surface area contributed by atoms with Gasteiger partial charge in [0, 0.05) is 6.61 Å². The predicted octanol–water partition coefficient (Wildman–Crippen LogP) is 4.77. The Hall–Kier alpha value is -1.35. The summed E-state index contributed by atoms with van der Waals surface area (Å²) >= 11 is 0. The minimum absolute atomic E-state index is 0.277. The van der Waals surface area contributed by atoms with E-state index in [-0.39, 0.29) is 5.97 Å². The lowest BCUT2D eigenvalue weighted by molar-refractivity contribution is 0.0312. The van der Waals surface area contributed by atoms with Gasteiger partial charge in [0.05, 0.1) is 12.2 Å².